The number of esters is 1. The maximum Gasteiger partial charge on any atom is 0.329 e. The molecule has 0 aliphatic carbocycles. The number of halogens is 1. The SMILES string of the molecule is CCCOC(=O)[C@H](C)NP(=O)(O)[C@H](F)c1ccc2sc(C(=O)N[C@H](C(=O)N3CC[C@@H](CC4CCN(Cc5ccc6c(c5)n(C)c(=O)n6[C@H]5CCC(=O)NC5=O)CC4)[C@H]3C(=O)N3CCO[C@H](c4ccccc4)C3)C(C)(C)C)cc2c1. The van der Waals surface area contributed by atoms with Crippen molar-refractivity contribution in [2.24, 2.45) is 24.3 Å². The number of morpholine rings is 1. The Morgan fingerprint density at radius 3 is 2.41 bits per heavy atom. The van der Waals surface area contributed by atoms with Crippen molar-refractivity contribution in [3.8, 4) is 0 Å². The predicted octanol–water partition coefficient (Wildman–Crippen LogP) is 6.88. The average molecular weight is 1130 g/mol. The normalized spacial score (nSPS) is 22.6. The molecule has 3 aromatic carbocycles. The molecule has 4 N–H and O–H groups in total. The molecule has 22 heteroatoms. The van der Waals surface area contributed by atoms with E-state index >= 15 is 14.0 Å². The van der Waals surface area contributed by atoms with Crippen LogP contribution in [-0.4, -0.2) is 128 Å². The maximum absolute atomic E-state index is 15.8. The number of aromatic nitrogens is 2. The van der Waals surface area contributed by atoms with Gasteiger partial charge in [-0.1, -0.05) is 70.2 Å². The number of likely N-dealkylation sites (tertiary alicyclic amines) is 2. The van der Waals surface area contributed by atoms with Crippen molar-refractivity contribution in [2.75, 3.05) is 45.9 Å². The lowest BCUT2D eigenvalue weighted by Gasteiger charge is -2.40. The molecule has 424 valence electrons. The number of thiophene rings is 1. The summed E-state index contributed by atoms with van der Waals surface area (Å²) in [5.74, 6) is -4.93. The number of imidazole rings is 1. The number of nitrogens with one attached hydrogen (secondary N) is 3. The third kappa shape index (κ3) is 12.6. The van der Waals surface area contributed by atoms with Crippen LogP contribution in [0.3, 0.4) is 0 Å². The highest BCUT2D eigenvalue weighted by atomic mass is 32.1. The van der Waals surface area contributed by atoms with Gasteiger partial charge in [-0.25, -0.2) is 14.3 Å². The molecule has 2 aromatic heterocycles. The molecule has 1 unspecified atom stereocenters. The van der Waals surface area contributed by atoms with Gasteiger partial charge in [0.25, 0.3) is 5.91 Å². The quantitative estimate of drug-likeness (QED) is 0.0423. The molecule has 4 aliphatic heterocycles. The Balaban J connectivity index is 0.894. The molecule has 9 rings (SSSR count). The molecule has 4 saturated heterocycles. The summed E-state index contributed by atoms with van der Waals surface area (Å²) in [6, 6.07) is 17.6. The molecule has 8 atom stereocenters. The molecule has 0 spiro atoms. The minimum absolute atomic E-state index is 0.116. The van der Waals surface area contributed by atoms with Gasteiger partial charge in [0.1, 0.15) is 30.3 Å². The lowest BCUT2D eigenvalue weighted by Crippen LogP contribution is -2.59. The summed E-state index contributed by atoms with van der Waals surface area (Å²) in [6.07, 6.45) is 3.71. The first-order chi connectivity index (χ1) is 37.6. The van der Waals surface area contributed by atoms with Gasteiger partial charge in [0, 0.05) is 37.8 Å². The molecule has 0 saturated carbocycles. The topological polar surface area (TPSA) is 231 Å². The van der Waals surface area contributed by atoms with Crippen LogP contribution in [0.15, 0.2) is 77.6 Å². The molecule has 5 aromatic rings. The number of aryl methyl sites for hydroxylation is 1. The number of hydrogen-bond acceptors (Lipinski definition) is 12. The fraction of sp³-hybridized carbons (Fsp3) is 0.526. The van der Waals surface area contributed by atoms with Gasteiger partial charge in [-0.3, -0.25) is 52.7 Å². The van der Waals surface area contributed by atoms with Crippen LogP contribution in [0.4, 0.5) is 4.39 Å². The monoisotopic (exact) mass is 1130 g/mol. The number of amides is 5. The van der Waals surface area contributed by atoms with E-state index in [-0.39, 0.29) is 71.2 Å². The highest BCUT2D eigenvalue weighted by Gasteiger charge is 2.49. The van der Waals surface area contributed by atoms with Crippen molar-refractivity contribution < 1.29 is 52.1 Å². The van der Waals surface area contributed by atoms with Gasteiger partial charge in [0.2, 0.25) is 29.5 Å². The zero-order chi connectivity index (χ0) is 56.5. The van der Waals surface area contributed by atoms with E-state index in [0.29, 0.717) is 66.7 Å². The molecular weight excluding hydrogens is 1050 g/mol. The Kier molecular flexibility index (Phi) is 17.4. The molecule has 79 heavy (non-hydrogen) atoms. The van der Waals surface area contributed by atoms with Crippen molar-refractivity contribution in [1.29, 1.82) is 0 Å². The van der Waals surface area contributed by atoms with Gasteiger partial charge in [0.15, 0.2) is 0 Å². The molecule has 4 fully saturated rings. The van der Waals surface area contributed by atoms with Crippen molar-refractivity contribution in [2.45, 2.75) is 122 Å². The number of carbonyl (C=O) groups excluding carboxylic acids is 6. The average Bonchev–Trinajstić information content (AvgIpc) is 4.35. The Hall–Kier alpha value is -6.09. The molecule has 5 amide bonds. The second kappa shape index (κ2) is 23.9. The lowest BCUT2D eigenvalue weighted by atomic mass is 9.82. The van der Waals surface area contributed by atoms with E-state index in [4.69, 9.17) is 9.47 Å². The van der Waals surface area contributed by atoms with E-state index in [1.54, 1.807) is 35.6 Å². The number of rotatable bonds is 17. The molecule has 0 bridgehead atoms. The molecule has 6 heterocycles. The first-order valence-electron chi connectivity index (χ1n) is 27.4. The first-order valence-corrected chi connectivity index (χ1v) is 29.9. The summed E-state index contributed by atoms with van der Waals surface area (Å²) in [5.41, 5.74) is 2.07. The maximum atomic E-state index is 15.8. The summed E-state index contributed by atoms with van der Waals surface area (Å²) in [6.45, 7) is 12.4. The van der Waals surface area contributed by atoms with Crippen LogP contribution >= 0.6 is 18.9 Å². The molecule has 19 nitrogen and oxygen atoms in total. The number of benzene rings is 3. The second-order valence-electron chi connectivity index (χ2n) is 22.7. The minimum atomic E-state index is -4.77. The molecular formula is C57H72FN8O11PS. The van der Waals surface area contributed by atoms with Crippen LogP contribution in [0.2, 0.25) is 0 Å². The van der Waals surface area contributed by atoms with Gasteiger partial charge in [0.05, 0.1) is 35.7 Å². The van der Waals surface area contributed by atoms with E-state index in [1.165, 1.54) is 23.6 Å². The summed E-state index contributed by atoms with van der Waals surface area (Å²) < 4.78 is 43.8. The smallest absolute Gasteiger partial charge is 0.329 e. The zero-order valence-corrected chi connectivity index (χ0v) is 47.4. The lowest BCUT2D eigenvalue weighted by molar-refractivity contribution is -0.152. The highest BCUT2D eigenvalue weighted by Crippen LogP contribution is 2.54. The Bertz CT molecular complexity index is 3220. The summed E-state index contributed by atoms with van der Waals surface area (Å²) in [5, 5.41) is 8.02. The van der Waals surface area contributed by atoms with Gasteiger partial charge < -0.3 is 29.5 Å². The summed E-state index contributed by atoms with van der Waals surface area (Å²) in [7, 11) is -3.09. The fourth-order valence-electron chi connectivity index (χ4n) is 11.7. The Labute approximate surface area is 462 Å². The number of carbonyl (C=O) groups is 6. The van der Waals surface area contributed by atoms with Gasteiger partial charge in [-0.2, -0.15) is 0 Å². The van der Waals surface area contributed by atoms with Crippen LogP contribution in [0.1, 0.15) is 124 Å². The third-order valence-corrected chi connectivity index (χ3v) is 18.7. The number of alkyl halides is 1. The first kappa shape index (κ1) is 57.6. The third-order valence-electron chi connectivity index (χ3n) is 15.9. The number of hydrogen-bond donors (Lipinski definition) is 4. The van der Waals surface area contributed by atoms with Crippen molar-refractivity contribution in [1.82, 2.24) is 39.6 Å². The van der Waals surface area contributed by atoms with Crippen LogP contribution in [0.25, 0.3) is 21.1 Å². The fourth-order valence-corrected chi connectivity index (χ4v) is 14.0. The number of piperidine rings is 2. The van der Waals surface area contributed by atoms with Gasteiger partial charge in [-0.15, -0.1) is 11.3 Å². The van der Waals surface area contributed by atoms with Crippen molar-refractivity contribution >= 4 is 75.5 Å². The second-order valence-corrected chi connectivity index (χ2v) is 25.7. The number of fused-ring (bicyclic) bond motifs is 2. The van der Waals surface area contributed by atoms with E-state index in [9.17, 15) is 33.4 Å². The van der Waals surface area contributed by atoms with E-state index in [0.717, 1.165) is 54.8 Å². The molecule has 0 radical (unpaired) electrons. The van der Waals surface area contributed by atoms with Gasteiger partial charge >= 0.3 is 19.2 Å². The Morgan fingerprint density at radius 1 is 0.949 bits per heavy atom. The van der Waals surface area contributed by atoms with Crippen LogP contribution in [0, 0.1) is 17.3 Å². The highest BCUT2D eigenvalue weighted by molar-refractivity contribution is 7.56. The standard InChI is InChI=1S/C57H72FN8O11PS/c1-7-26-77-55(72)34(2)61-78(74,75)50(58)39-14-17-45-40(30-39)31-46(79-45)52(69)60-49(57(3,4)5)54(71)65-24-21-38(48(65)53(70)64-25-27-76-44(33-64)37-11-9-8-10-12-37)28-35-19-22-63(23-20-35)32-36-13-15-41-43(29-36)62(6)56(73)66(41)42-16-18-47(67)59-51(42)68/h8-15,17,29-31,34-35,38,42,44,48-50H,7,16,18-28,32-33H2,1-6H3,(H,60,69)(H,59,67,68)(H2,61,74,75)/t34-,38-,42-,44-,48-,49+,50-/m0/s1. The minimum Gasteiger partial charge on any atom is -0.465 e. The van der Waals surface area contributed by atoms with Crippen LogP contribution in [0.5, 0.6) is 0 Å². The number of nitrogens with zero attached hydrogens (tertiary/aromatic N) is 5. The largest absolute Gasteiger partial charge is 0.465 e. The van der Waals surface area contributed by atoms with Crippen molar-refractivity contribution in [3.63, 3.8) is 0 Å². The predicted molar refractivity (Wildman–Crippen MR) is 297 cm³/mol. The van der Waals surface area contributed by atoms with Crippen LogP contribution < -0.4 is 21.4 Å². The van der Waals surface area contributed by atoms with E-state index in [2.05, 4.69) is 20.6 Å². The molecule has 4 aliphatic rings. The number of ether oxygens (including phenoxy) is 2. The zero-order valence-electron chi connectivity index (χ0n) is 45.7. The Morgan fingerprint density at radius 2 is 1.70 bits per heavy atom. The summed E-state index contributed by atoms with van der Waals surface area (Å²) >= 11 is 1.12. The van der Waals surface area contributed by atoms with Crippen LogP contribution in [-0.2, 0) is 51.6 Å². The number of imide groups is 1. The van der Waals surface area contributed by atoms with Gasteiger partial charge in [-0.05, 0) is 128 Å². The van der Waals surface area contributed by atoms with E-state index < -0.39 is 60.8 Å². The van der Waals surface area contributed by atoms with E-state index in [1.807, 2.05) is 74.2 Å². The van der Waals surface area contributed by atoms with Crippen molar-refractivity contribution in [3.05, 3.63) is 105 Å². The summed E-state index contributed by atoms with van der Waals surface area (Å²) in [4.78, 5) is 112.